The standard InChI is InChI=1S/C25H23NO7S2/c1-16(2)32-22-13-17(11-12-19(22)23-14-18-7-3-4-8-21(18)33-23)20(27)15-34(28,29)24-9-5-6-10-25(24)35(26,30)31/h3-14,16H,15H2,1-2H3,(H2,26,30,31). The molecule has 4 rings (SSSR count). The number of sulfonamides is 1. The van der Waals surface area contributed by atoms with E-state index in [1.54, 1.807) is 6.07 Å². The summed E-state index contributed by atoms with van der Waals surface area (Å²) in [5.41, 5.74) is 1.39. The lowest BCUT2D eigenvalue weighted by Crippen LogP contribution is -2.21. The molecule has 0 fully saturated rings. The van der Waals surface area contributed by atoms with Crippen LogP contribution in [0.25, 0.3) is 22.3 Å². The SMILES string of the molecule is CC(C)Oc1cc(C(=O)CS(=O)(=O)c2ccccc2S(N)(=O)=O)ccc1-c1cc2ccccc2o1. The van der Waals surface area contributed by atoms with Gasteiger partial charge in [0, 0.05) is 10.9 Å². The van der Waals surface area contributed by atoms with Gasteiger partial charge in [0.2, 0.25) is 10.0 Å². The summed E-state index contributed by atoms with van der Waals surface area (Å²) in [6, 6.07) is 18.9. The first-order valence-corrected chi connectivity index (χ1v) is 13.8. The van der Waals surface area contributed by atoms with E-state index in [0.29, 0.717) is 22.7 Å². The molecule has 1 heterocycles. The molecule has 3 aromatic carbocycles. The number of rotatable bonds is 8. The van der Waals surface area contributed by atoms with Crippen LogP contribution in [-0.4, -0.2) is 34.5 Å². The minimum Gasteiger partial charge on any atom is -0.490 e. The molecule has 0 atom stereocenters. The number of furan rings is 1. The number of carbonyl (C=O) groups excluding carboxylic acids is 1. The number of benzene rings is 3. The van der Waals surface area contributed by atoms with E-state index in [2.05, 4.69) is 0 Å². The van der Waals surface area contributed by atoms with Crippen LogP contribution in [0.15, 0.2) is 87.0 Å². The Morgan fingerprint density at radius 3 is 2.23 bits per heavy atom. The van der Waals surface area contributed by atoms with Gasteiger partial charge in [0.05, 0.1) is 16.6 Å². The van der Waals surface area contributed by atoms with Crippen LogP contribution in [0, 0.1) is 0 Å². The number of sulfone groups is 1. The molecular weight excluding hydrogens is 490 g/mol. The van der Waals surface area contributed by atoms with Gasteiger partial charge in [-0.25, -0.2) is 22.0 Å². The number of hydrogen-bond acceptors (Lipinski definition) is 7. The van der Waals surface area contributed by atoms with E-state index < -0.39 is 41.2 Å². The van der Waals surface area contributed by atoms with Gasteiger partial charge in [-0.05, 0) is 50.2 Å². The molecule has 10 heteroatoms. The van der Waals surface area contributed by atoms with Crippen molar-refractivity contribution < 1.29 is 30.8 Å². The van der Waals surface area contributed by atoms with Gasteiger partial charge in [-0.15, -0.1) is 0 Å². The van der Waals surface area contributed by atoms with Gasteiger partial charge < -0.3 is 9.15 Å². The second kappa shape index (κ2) is 9.29. The molecule has 0 aliphatic rings. The predicted molar refractivity (Wildman–Crippen MR) is 132 cm³/mol. The maximum absolute atomic E-state index is 13.0. The van der Waals surface area contributed by atoms with E-state index in [-0.39, 0.29) is 11.7 Å². The molecule has 2 N–H and O–H groups in total. The molecule has 0 aliphatic carbocycles. The molecule has 4 aromatic rings. The largest absolute Gasteiger partial charge is 0.490 e. The van der Waals surface area contributed by atoms with Crippen molar-refractivity contribution in [3.05, 3.63) is 78.4 Å². The monoisotopic (exact) mass is 513 g/mol. The number of hydrogen-bond donors (Lipinski definition) is 1. The van der Waals surface area contributed by atoms with Crippen LogP contribution >= 0.6 is 0 Å². The van der Waals surface area contributed by atoms with Gasteiger partial charge in [0.25, 0.3) is 0 Å². The lowest BCUT2D eigenvalue weighted by atomic mass is 10.1. The highest BCUT2D eigenvalue weighted by Gasteiger charge is 2.27. The van der Waals surface area contributed by atoms with E-state index in [1.807, 2.05) is 44.2 Å². The van der Waals surface area contributed by atoms with E-state index in [1.165, 1.54) is 24.3 Å². The van der Waals surface area contributed by atoms with Crippen LogP contribution in [0.5, 0.6) is 5.75 Å². The Labute approximate surface area is 203 Å². The van der Waals surface area contributed by atoms with E-state index in [4.69, 9.17) is 14.3 Å². The first-order chi connectivity index (χ1) is 16.5. The fourth-order valence-corrected chi connectivity index (χ4v) is 6.32. The Bertz CT molecular complexity index is 1600. The molecule has 0 saturated carbocycles. The van der Waals surface area contributed by atoms with Gasteiger partial charge >= 0.3 is 0 Å². The van der Waals surface area contributed by atoms with Crippen molar-refractivity contribution in [1.29, 1.82) is 0 Å². The molecule has 1 aromatic heterocycles. The Kier molecular flexibility index (Phi) is 6.54. The number of nitrogens with two attached hydrogens (primary N) is 1. The lowest BCUT2D eigenvalue weighted by molar-refractivity contribution is 0.102. The zero-order chi connectivity index (χ0) is 25.4. The highest BCUT2D eigenvalue weighted by Crippen LogP contribution is 2.36. The van der Waals surface area contributed by atoms with Crippen molar-refractivity contribution in [2.24, 2.45) is 5.14 Å². The highest BCUT2D eigenvalue weighted by molar-refractivity contribution is 7.94. The van der Waals surface area contributed by atoms with Gasteiger partial charge in [-0.1, -0.05) is 36.4 Å². The highest BCUT2D eigenvalue weighted by atomic mass is 32.2. The van der Waals surface area contributed by atoms with E-state index in [0.717, 1.165) is 17.5 Å². The third-order valence-electron chi connectivity index (χ3n) is 5.17. The van der Waals surface area contributed by atoms with Crippen molar-refractivity contribution in [3.8, 4) is 17.1 Å². The fourth-order valence-electron chi connectivity index (χ4n) is 3.64. The average Bonchev–Trinajstić information content (AvgIpc) is 3.22. The molecule has 0 bridgehead atoms. The summed E-state index contributed by atoms with van der Waals surface area (Å²) >= 11 is 0. The second-order valence-corrected chi connectivity index (χ2v) is 11.7. The van der Waals surface area contributed by atoms with Crippen molar-refractivity contribution in [2.75, 3.05) is 5.75 Å². The van der Waals surface area contributed by atoms with Crippen LogP contribution in [0.1, 0.15) is 24.2 Å². The van der Waals surface area contributed by atoms with Gasteiger partial charge in [0.1, 0.15) is 27.7 Å². The van der Waals surface area contributed by atoms with E-state index in [9.17, 15) is 21.6 Å². The summed E-state index contributed by atoms with van der Waals surface area (Å²) in [6.07, 6.45) is -0.228. The fraction of sp³-hybridized carbons (Fsp3) is 0.160. The Hall–Kier alpha value is -3.47. The zero-order valence-corrected chi connectivity index (χ0v) is 20.6. The molecule has 0 spiro atoms. The summed E-state index contributed by atoms with van der Waals surface area (Å²) in [5.74, 6) is -0.772. The molecule has 0 saturated heterocycles. The van der Waals surface area contributed by atoms with Gasteiger partial charge in [-0.2, -0.15) is 0 Å². The lowest BCUT2D eigenvalue weighted by Gasteiger charge is -2.15. The summed E-state index contributed by atoms with van der Waals surface area (Å²) in [5, 5.41) is 6.06. The average molecular weight is 514 g/mol. The molecule has 0 amide bonds. The van der Waals surface area contributed by atoms with Crippen molar-refractivity contribution in [1.82, 2.24) is 0 Å². The van der Waals surface area contributed by atoms with Crippen molar-refractivity contribution in [3.63, 3.8) is 0 Å². The first kappa shape index (κ1) is 24.6. The summed E-state index contributed by atoms with van der Waals surface area (Å²) in [4.78, 5) is 11.9. The third kappa shape index (κ3) is 5.29. The number of primary sulfonamides is 1. The molecule has 35 heavy (non-hydrogen) atoms. The smallest absolute Gasteiger partial charge is 0.239 e. The number of Topliss-reactive ketones (excluding diaryl/α,β-unsaturated/α-hetero) is 1. The number of fused-ring (bicyclic) bond motifs is 1. The van der Waals surface area contributed by atoms with Crippen molar-refractivity contribution in [2.45, 2.75) is 29.7 Å². The molecule has 8 nitrogen and oxygen atoms in total. The summed E-state index contributed by atoms with van der Waals surface area (Å²) < 4.78 is 61.4. The minimum absolute atomic E-state index is 0.0946. The number of ether oxygens (including phenoxy) is 1. The third-order valence-corrected chi connectivity index (χ3v) is 7.94. The molecule has 0 aliphatic heterocycles. The first-order valence-electron chi connectivity index (χ1n) is 10.6. The Morgan fingerprint density at radius 1 is 0.914 bits per heavy atom. The maximum Gasteiger partial charge on any atom is 0.239 e. The maximum atomic E-state index is 13.0. The van der Waals surface area contributed by atoms with Gasteiger partial charge in [0.15, 0.2) is 15.6 Å². The van der Waals surface area contributed by atoms with Crippen LogP contribution in [0.2, 0.25) is 0 Å². The van der Waals surface area contributed by atoms with Crippen molar-refractivity contribution >= 4 is 36.6 Å². The van der Waals surface area contributed by atoms with Crippen LogP contribution in [0.3, 0.4) is 0 Å². The Morgan fingerprint density at radius 2 is 1.57 bits per heavy atom. The molecule has 182 valence electrons. The summed E-state index contributed by atoms with van der Waals surface area (Å²) in [6.45, 7) is 3.65. The topological polar surface area (TPSA) is 134 Å². The number of carbonyl (C=O) groups is 1. The minimum atomic E-state index is -4.31. The van der Waals surface area contributed by atoms with Gasteiger partial charge in [-0.3, -0.25) is 4.79 Å². The molecular formula is C25H23NO7S2. The molecule has 0 radical (unpaired) electrons. The number of ketones is 1. The molecule has 0 unspecified atom stereocenters. The van der Waals surface area contributed by atoms with E-state index >= 15 is 0 Å². The van der Waals surface area contributed by atoms with Crippen LogP contribution < -0.4 is 9.88 Å². The summed E-state index contributed by atoms with van der Waals surface area (Å²) in [7, 11) is -8.61. The zero-order valence-electron chi connectivity index (χ0n) is 19.0. The Balaban J connectivity index is 1.71. The van der Waals surface area contributed by atoms with Crippen LogP contribution in [-0.2, 0) is 19.9 Å². The normalized spacial score (nSPS) is 12.2. The quantitative estimate of drug-likeness (QED) is 0.349. The predicted octanol–water partition coefficient (Wildman–Crippen LogP) is 4.19. The number of para-hydroxylation sites is 1. The second-order valence-electron chi connectivity index (χ2n) is 8.20. The van der Waals surface area contributed by atoms with Crippen LogP contribution in [0.4, 0.5) is 0 Å².